The fourth-order valence-corrected chi connectivity index (χ4v) is 3.71. The minimum atomic E-state index is -3.42. The molecule has 2 aromatic rings. The van der Waals surface area contributed by atoms with Gasteiger partial charge in [0.2, 0.25) is 15.9 Å². The van der Waals surface area contributed by atoms with Crippen LogP contribution in [-0.2, 0) is 14.8 Å². The zero-order chi connectivity index (χ0) is 19.6. The molecule has 1 atom stereocenters. The quantitative estimate of drug-likeness (QED) is 0.856. The Bertz CT molecular complexity index is 982. The maximum absolute atomic E-state index is 12.5. The van der Waals surface area contributed by atoms with Crippen LogP contribution in [0.25, 0.3) is 0 Å². The lowest BCUT2D eigenvalue weighted by Gasteiger charge is -2.21. The van der Waals surface area contributed by atoms with Crippen LogP contribution in [-0.4, -0.2) is 31.3 Å². The van der Waals surface area contributed by atoms with Crippen LogP contribution in [0, 0.1) is 6.92 Å². The van der Waals surface area contributed by atoms with Gasteiger partial charge in [-0.05, 0) is 18.6 Å². The van der Waals surface area contributed by atoms with E-state index in [-0.39, 0.29) is 11.9 Å². The van der Waals surface area contributed by atoms with Crippen LogP contribution < -0.4 is 4.72 Å². The molecule has 27 heavy (non-hydrogen) atoms. The van der Waals surface area contributed by atoms with Gasteiger partial charge in [0, 0.05) is 18.4 Å². The molecule has 2 aromatic carbocycles. The Morgan fingerprint density at radius 3 is 2.48 bits per heavy atom. The highest BCUT2D eigenvalue weighted by atomic mass is 32.2. The molecule has 0 aliphatic carbocycles. The number of aryl methyl sites for hydroxylation is 1. The average molecular weight is 385 g/mol. The molecule has 1 heterocycles. The maximum atomic E-state index is 12.5. The van der Waals surface area contributed by atoms with E-state index in [1.165, 1.54) is 5.01 Å². The number of sulfonamides is 1. The minimum Gasteiger partial charge on any atom is -0.283 e. The van der Waals surface area contributed by atoms with Crippen LogP contribution in [0.4, 0.5) is 5.69 Å². The number of carbonyl (C=O) groups is 1. The molecule has 1 aliphatic rings. The largest absolute Gasteiger partial charge is 0.283 e. The number of nitrogens with zero attached hydrogens (tertiary/aromatic N) is 2. The van der Waals surface area contributed by atoms with E-state index < -0.39 is 10.0 Å². The lowest BCUT2D eigenvalue weighted by Crippen LogP contribution is -2.26. The molecule has 1 unspecified atom stereocenters. The Kier molecular flexibility index (Phi) is 5.32. The van der Waals surface area contributed by atoms with Crippen molar-refractivity contribution in [1.29, 1.82) is 0 Å². The fraction of sp³-hybridized carbons (Fsp3) is 0.300. The molecule has 142 valence electrons. The Morgan fingerprint density at radius 1 is 1.19 bits per heavy atom. The highest BCUT2D eigenvalue weighted by Crippen LogP contribution is 2.35. The summed E-state index contributed by atoms with van der Waals surface area (Å²) in [6, 6.07) is 15.0. The van der Waals surface area contributed by atoms with E-state index in [9.17, 15) is 13.2 Å². The summed E-state index contributed by atoms with van der Waals surface area (Å²) in [4.78, 5) is 12.5. The predicted octanol–water partition coefficient (Wildman–Crippen LogP) is 3.45. The average Bonchev–Trinajstić information content (AvgIpc) is 3.06. The van der Waals surface area contributed by atoms with Crippen molar-refractivity contribution in [2.75, 3.05) is 11.0 Å². The van der Waals surface area contributed by atoms with Crippen molar-refractivity contribution in [2.24, 2.45) is 5.10 Å². The standard InChI is InChI=1S/C20H23N3O3S/c1-4-20(24)23-19(15-11-9-14(2)10-12-15)13-18(21-23)16-7-5-6-8-17(16)22-27(3,25)26/h5-12,19,22H,4,13H2,1-3H3. The van der Waals surface area contributed by atoms with E-state index in [1.54, 1.807) is 19.1 Å². The summed E-state index contributed by atoms with van der Waals surface area (Å²) in [7, 11) is -3.42. The summed E-state index contributed by atoms with van der Waals surface area (Å²) in [5, 5.41) is 6.09. The first kappa shape index (κ1) is 19.1. The Morgan fingerprint density at radius 2 is 1.85 bits per heavy atom. The first-order chi connectivity index (χ1) is 12.8. The van der Waals surface area contributed by atoms with Gasteiger partial charge in [0.1, 0.15) is 0 Å². The third kappa shape index (κ3) is 4.36. The molecule has 1 N–H and O–H groups in total. The zero-order valence-corrected chi connectivity index (χ0v) is 16.5. The van der Waals surface area contributed by atoms with E-state index in [0.717, 1.165) is 17.4 Å². The van der Waals surface area contributed by atoms with Crippen LogP contribution in [0.1, 0.15) is 42.5 Å². The number of rotatable bonds is 5. The van der Waals surface area contributed by atoms with E-state index in [1.807, 2.05) is 43.3 Å². The van der Waals surface area contributed by atoms with Gasteiger partial charge in [-0.1, -0.05) is 55.0 Å². The topological polar surface area (TPSA) is 78.8 Å². The summed E-state index contributed by atoms with van der Waals surface area (Å²) < 4.78 is 25.9. The molecule has 0 saturated carbocycles. The number of benzene rings is 2. The summed E-state index contributed by atoms with van der Waals surface area (Å²) in [6.07, 6.45) is 1.99. The molecule has 1 aliphatic heterocycles. The number of hydrazone groups is 1. The number of hydrogen-bond acceptors (Lipinski definition) is 4. The third-order valence-electron chi connectivity index (χ3n) is 4.46. The van der Waals surface area contributed by atoms with Crippen LogP contribution in [0.3, 0.4) is 0 Å². The monoisotopic (exact) mass is 385 g/mol. The van der Waals surface area contributed by atoms with Crippen LogP contribution in [0.5, 0.6) is 0 Å². The molecular formula is C20H23N3O3S. The van der Waals surface area contributed by atoms with Crippen molar-refractivity contribution >= 4 is 27.3 Å². The molecule has 0 radical (unpaired) electrons. The minimum absolute atomic E-state index is 0.0656. The summed E-state index contributed by atoms with van der Waals surface area (Å²) in [6.45, 7) is 3.82. The van der Waals surface area contributed by atoms with Gasteiger partial charge in [-0.25, -0.2) is 13.4 Å². The lowest BCUT2D eigenvalue weighted by atomic mass is 9.97. The number of amides is 1. The second-order valence-corrected chi connectivity index (χ2v) is 8.44. The predicted molar refractivity (Wildman–Crippen MR) is 107 cm³/mol. The van der Waals surface area contributed by atoms with Gasteiger partial charge in [-0.15, -0.1) is 0 Å². The van der Waals surface area contributed by atoms with Gasteiger partial charge < -0.3 is 0 Å². The summed E-state index contributed by atoms with van der Waals surface area (Å²) in [5.41, 5.74) is 4.00. The molecule has 1 amide bonds. The molecular weight excluding hydrogens is 362 g/mol. The molecule has 3 rings (SSSR count). The number of anilines is 1. The van der Waals surface area contributed by atoms with Crippen molar-refractivity contribution < 1.29 is 13.2 Å². The van der Waals surface area contributed by atoms with Crippen molar-refractivity contribution in [1.82, 2.24) is 5.01 Å². The lowest BCUT2D eigenvalue weighted by molar-refractivity contribution is -0.132. The second kappa shape index (κ2) is 7.52. The number of hydrogen-bond donors (Lipinski definition) is 1. The van der Waals surface area contributed by atoms with E-state index in [0.29, 0.717) is 29.8 Å². The van der Waals surface area contributed by atoms with Crippen molar-refractivity contribution in [2.45, 2.75) is 32.7 Å². The molecule has 0 saturated heterocycles. The van der Waals surface area contributed by atoms with Gasteiger partial charge in [0.05, 0.1) is 23.7 Å². The molecule has 0 aromatic heterocycles. The Hall–Kier alpha value is -2.67. The smallest absolute Gasteiger partial charge is 0.242 e. The van der Waals surface area contributed by atoms with E-state index in [4.69, 9.17) is 0 Å². The van der Waals surface area contributed by atoms with Gasteiger partial charge >= 0.3 is 0 Å². The Labute approximate surface area is 159 Å². The summed E-state index contributed by atoms with van der Waals surface area (Å²) in [5.74, 6) is -0.0656. The van der Waals surface area contributed by atoms with Gasteiger partial charge in [-0.2, -0.15) is 5.10 Å². The first-order valence-corrected chi connectivity index (χ1v) is 10.7. The number of nitrogens with one attached hydrogen (secondary N) is 1. The van der Waals surface area contributed by atoms with E-state index in [2.05, 4.69) is 9.82 Å². The van der Waals surface area contributed by atoms with Crippen LogP contribution >= 0.6 is 0 Å². The fourth-order valence-electron chi connectivity index (χ4n) is 3.14. The van der Waals surface area contributed by atoms with Crippen LogP contribution in [0.2, 0.25) is 0 Å². The molecule has 7 heteroatoms. The highest BCUT2D eigenvalue weighted by molar-refractivity contribution is 7.92. The normalized spacial score (nSPS) is 16.9. The number of para-hydroxylation sites is 1. The molecule has 0 fully saturated rings. The van der Waals surface area contributed by atoms with Gasteiger partial charge in [-0.3, -0.25) is 9.52 Å². The third-order valence-corrected chi connectivity index (χ3v) is 5.05. The maximum Gasteiger partial charge on any atom is 0.242 e. The second-order valence-electron chi connectivity index (χ2n) is 6.69. The van der Waals surface area contributed by atoms with Gasteiger partial charge in [0.25, 0.3) is 0 Å². The highest BCUT2D eigenvalue weighted by Gasteiger charge is 2.33. The first-order valence-electron chi connectivity index (χ1n) is 8.82. The SMILES string of the molecule is CCC(=O)N1N=C(c2ccccc2NS(C)(=O)=O)CC1c1ccc(C)cc1. The number of carbonyl (C=O) groups excluding carboxylic acids is 1. The molecule has 6 nitrogen and oxygen atoms in total. The van der Waals surface area contributed by atoms with Crippen molar-refractivity contribution in [3.05, 3.63) is 65.2 Å². The van der Waals surface area contributed by atoms with Gasteiger partial charge in [0.15, 0.2) is 0 Å². The zero-order valence-electron chi connectivity index (χ0n) is 15.6. The van der Waals surface area contributed by atoms with E-state index >= 15 is 0 Å². The Balaban J connectivity index is 2.00. The summed E-state index contributed by atoms with van der Waals surface area (Å²) >= 11 is 0. The van der Waals surface area contributed by atoms with Crippen molar-refractivity contribution in [3.63, 3.8) is 0 Å². The van der Waals surface area contributed by atoms with Crippen LogP contribution in [0.15, 0.2) is 53.6 Å². The molecule has 0 bridgehead atoms. The molecule has 0 spiro atoms. The van der Waals surface area contributed by atoms with Crippen molar-refractivity contribution in [3.8, 4) is 0 Å².